The summed E-state index contributed by atoms with van der Waals surface area (Å²) in [7, 11) is 0. The highest BCUT2D eigenvalue weighted by Gasteiger charge is 2.24. The van der Waals surface area contributed by atoms with E-state index in [1.807, 2.05) is 43.3 Å². The number of nitrogen functional groups attached to an aromatic ring is 1. The summed E-state index contributed by atoms with van der Waals surface area (Å²) in [5.41, 5.74) is 11.3. The summed E-state index contributed by atoms with van der Waals surface area (Å²) in [5, 5.41) is 19.1. The van der Waals surface area contributed by atoms with E-state index in [-0.39, 0.29) is 29.6 Å². The summed E-state index contributed by atoms with van der Waals surface area (Å²) in [5.74, 6) is -0.0559. The molecular weight excluding hydrogens is 519 g/mol. The van der Waals surface area contributed by atoms with Gasteiger partial charge in [0.15, 0.2) is 5.69 Å². The molecule has 3 aromatic carbocycles. The second-order valence-corrected chi connectivity index (χ2v) is 8.55. The van der Waals surface area contributed by atoms with Gasteiger partial charge in [0.05, 0.1) is 6.21 Å². The Morgan fingerprint density at radius 3 is 2.35 bits per heavy atom. The van der Waals surface area contributed by atoms with Crippen molar-refractivity contribution in [1.82, 2.24) is 30.7 Å². The molecule has 2 aromatic heterocycles. The number of halogens is 1. The van der Waals surface area contributed by atoms with Crippen molar-refractivity contribution in [2.75, 3.05) is 5.73 Å². The Balaban J connectivity index is 1.24. The number of anilines is 1. The van der Waals surface area contributed by atoms with Crippen molar-refractivity contribution in [2.45, 2.75) is 20.1 Å². The lowest BCUT2D eigenvalue weighted by molar-refractivity contribution is 0.0947. The van der Waals surface area contributed by atoms with Crippen molar-refractivity contribution in [2.24, 2.45) is 5.10 Å². The first-order chi connectivity index (χ1) is 19.5. The van der Waals surface area contributed by atoms with Crippen LogP contribution in [-0.2, 0) is 13.2 Å². The lowest BCUT2D eigenvalue weighted by Crippen LogP contribution is -2.21. The normalized spacial score (nSPS) is 11.1. The van der Waals surface area contributed by atoms with Crippen LogP contribution in [0.4, 0.5) is 10.2 Å². The van der Waals surface area contributed by atoms with E-state index < -0.39 is 11.7 Å². The van der Waals surface area contributed by atoms with Crippen LogP contribution in [0.5, 0.6) is 11.5 Å². The number of hydrogen-bond donors (Lipinski definition) is 2. The number of nitrogens with zero attached hydrogens (tertiary/aromatic N) is 6. The highest BCUT2D eigenvalue weighted by Crippen LogP contribution is 2.19. The number of carbonyl (C=O) groups excluding carboxylic acids is 1. The predicted molar refractivity (Wildman–Crippen MR) is 141 cm³/mol. The van der Waals surface area contributed by atoms with Gasteiger partial charge in [0.1, 0.15) is 36.2 Å². The molecular formula is C27H23FN8O4. The molecule has 0 aliphatic carbocycles. The summed E-state index contributed by atoms with van der Waals surface area (Å²) in [6.45, 7) is 2.31. The van der Waals surface area contributed by atoms with E-state index in [1.54, 1.807) is 12.1 Å². The summed E-state index contributed by atoms with van der Waals surface area (Å²) < 4.78 is 30.6. The first-order valence-corrected chi connectivity index (χ1v) is 12.0. The van der Waals surface area contributed by atoms with Crippen molar-refractivity contribution < 1.29 is 23.3 Å². The first kappa shape index (κ1) is 26.0. The number of amides is 1. The molecule has 3 N–H and O–H groups in total. The molecule has 0 atom stereocenters. The largest absolute Gasteiger partial charge is 0.489 e. The van der Waals surface area contributed by atoms with Crippen molar-refractivity contribution in [3.05, 3.63) is 107 Å². The quantitative estimate of drug-likeness (QED) is 0.199. The first-order valence-electron chi connectivity index (χ1n) is 12.0. The molecule has 202 valence electrons. The molecule has 0 spiro atoms. The van der Waals surface area contributed by atoms with Gasteiger partial charge in [-0.2, -0.15) is 9.78 Å². The highest BCUT2D eigenvalue weighted by molar-refractivity contribution is 5.94. The Morgan fingerprint density at radius 2 is 1.68 bits per heavy atom. The van der Waals surface area contributed by atoms with Crippen LogP contribution in [0.2, 0.25) is 0 Å². The van der Waals surface area contributed by atoms with Crippen LogP contribution in [0.15, 0.2) is 82.5 Å². The lowest BCUT2D eigenvalue weighted by Gasteiger charge is -2.08. The molecule has 0 bridgehead atoms. The van der Waals surface area contributed by atoms with Crippen LogP contribution in [0, 0.1) is 12.7 Å². The monoisotopic (exact) mass is 542 g/mol. The Bertz CT molecular complexity index is 1610. The van der Waals surface area contributed by atoms with Gasteiger partial charge in [-0.15, -0.1) is 5.10 Å². The zero-order chi connectivity index (χ0) is 27.9. The number of hydrogen-bond acceptors (Lipinski definition) is 10. The topological polar surface area (TPSA) is 156 Å². The Kier molecular flexibility index (Phi) is 7.72. The summed E-state index contributed by atoms with van der Waals surface area (Å²) >= 11 is 0. The molecule has 1 amide bonds. The average molecular weight is 543 g/mol. The van der Waals surface area contributed by atoms with Crippen LogP contribution in [-0.4, -0.2) is 37.4 Å². The van der Waals surface area contributed by atoms with Crippen LogP contribution in [0.3, 0.4) is 0 Å². The maximum absolute atomic E-state index is 13.2. The number of aromatic nitrogens is 5. The van der Waals surface area contributed by atoms with Crippen molar-refractivity contribution in [1.29, 1.82) is 0 Å². The molecule has 40 heavy (non-hydrogen) atoms. The van der Waals surface area contributed by atoms with Crippen molar-refractivity contribution >= 4 is 17.9 Å². The standard InChI is InChI=1S/C27H23FN8O4/c1-17-2-4-19(5-3-17)15-38-21-10-6-18(7-11-21)14-30-32-27(37)24-23(16-39-22-12-8-20(28)9-13-22)36(35-31-24)26-25(29)33-40-34-26/h2-14H,15-16H2,1H3,(H2,29,33)(H,32,37)/b30-14-. The number of aryl methyl sites for hydroxylation is 1. The molecule has 13 heteroatoms. The molecule has 0 unspecified atom stereocenters. The molecule has 0 saturated carbocycles. The predicted octanol–water partition coefficient (Wildman–Crippen LogP) is 3.60. The van der Waals surface area contributed by atoms with Gasteiger partial charge in [0, 0.05) is 0 Å². The maximum Gasteiger partial charge on any atom is 0.293 e. The number of nitrogens with two attached hydrogens (primary N) is 1. The van der Waals surface area contributed by atoms with Gasteiger partial charge in [-0.05, 0) is 76.9 Å². The van der Waals surface area contributed by atoms with Gasteiger partial charge in [-0.3, -0.25) is 4.79 Å². The van der Waals surface area contributed by atoms with Crippen LogP contribution >= 0.6 is 0 Å². The fourth-order valence-corrected chi connectivity index (χ4v) is 3.52. The molecule has 0 fully saturated rings. The number of benzene rings is 3. The van der Waals surface area contributed by atoms with Gasteiger partial charge < -0.3 is 15.2 Å². The van der Waals surface area contributed by atoms with Gasteiger partial charge in [0.2, 0.25) is 11.6 Å². The SMILES string of the molecule is Cc1ccc(COc2ccc(/C=N\NC(=O)c3nnn(-c4nonc4N)c3COc3ccc(F)cc3)cc2)cc1. The zero-order valence-corrected chi connectivity index (χ0v) is 21.2. The Labute approximate surface area is 227 Å². The second kappa shape index (κ2) is 11.9. The van der Waals surface area contributed by atoms with E-state index in [2.05, 4.69) is 35.8 Å². The molecule has 0 aliphatic heterocycles. The van der Waals surface area contributed by atoms with Crippen molar-refractivity contribution in [3.8, 4) is 17.3 Å². The summed E-state index contributed by atoms with van der Waals surface area (Å²) in [6.07, 6.45) is 1.47. The van der Waals surface area contributed by atoms with E-state index in [9.17, 15) is 9.18 Å². The third kappa shape index (κ3) is 6.27. The van der Waals surface area contributed by atoms with Gasteiger partial charge >= 0.3 is 0 Å². The molecule has 5 aromatic rings. The van der Waals surface area contributed by atoms with Gasteiger partial charge in [-0.25, -0.2) is 14.4 Å². The number of rotatable bonds is 10. The summed E-state index contributed by atoms with van der Waals surface area (Å²) in [4.78, 5) is 12.9. The third-order valence-corrected chi connectivity index (χ3v) is 5.65. The van der Waals surface area contributed by atoms with Gasteiger partial charge in [0.25, 0.3) is 5.91 Å². The molecule has 5 rings (SSSR count). The van der Waals surface area contributed by atoms with Crippen LogP contribution in [0.25, 0.3) is 5.82 Å². The average Bonchev–Trinajstić information content (AvgIpc) is 3.58. The molecule has 0 aliphatic rings. The van der Waals surface area contributed by atoms with Crippen LogP contribution in [0.1, 0.15) is 32.9 Å². The lowest BCUT2D eigenvalue weighted by atomic mass is 10.2. The number of hydrazone groups is 1. The number of ether oxygens (including phenoxy) is 2. The summed E-state index contributed by atoms with van der Waals surface area (Å²) in [6, 6.07) is 20.7. The minimum atomic E-state index is -0.659. The van der Waals surface area contributed by atoms with Crippen molar-refractivity contribution in [3.63, 3.8) is 0 Å². The van der Waals surface area contributed by atoms with E-state index in [0.29, 0.717) is 18.1 Å². The Morgan fingerprint density at radius 1 is 1.00 bits per heavy atom. The zero-order valence-electron chi connectivity index (χ0n) is 21.2. The van der Waals surface area contributed by atoms with Crippen LogP contribution < -0.4 is 20.6 Å². The number of nitrogens with one attached hydrogen (secondary N) is 1. The molecule has 0 saturated heterocycles. The highest BCUT2D eigenvalue weighted by atomic mass is 19.1. The van der Waals surface area contributed by atoms with E-state index >= 15 is 0 Å². The minimum absolute atomic E-state index is 0.0254. The number of carbonyl (C=O) groups is 1. The van der Waals surface area contributed by atoms with E-state index in [1.165, 1.54) is 40.7 Å². The fourth-order valence-electron chi connectivity index (χ4n) is 3.52. The minimum Gasteiger partial charge on any atom is -0.489 e. The molecule has 2 heterocycles. The molecule has 12 nitrogen and oxygen atoms in total. The van der Waals surface area contributed by atoms with E-state index in [4.69, 9.17) is 15.2 Å². The smallest absolute Gasteiger partial charge is 0.293 e. The second-order valence-electron chi connectivity index (χ2n) is 8.55. The van der Waals surface area contributed by atoms with Gasteiger partial charge in [-0.1, -0.05) is 35.0 Å². The fraction of sp³-hybridized carbons (Fsp3) is 0.111. The Hall–Kier alpha value is -5.59. The third-order valence-electron chi connectivity index (χ3n) is 5.65. The van der Waals surface area contributed by atoms with E-state index in [0.717, 1.165) is 11.1 Å². The molecule has 0 radical (unpaired) electrons. The maximum atomic E-state index is 13.2.